The third kappa shape index (κ3) is 3.54. The predicted octanol–water partition coefficient (Wildman–Crippen LogP) is 3.46. The van der Waals surface area contributed by atoms with Crippen molar-refractivity contribution in [1.29, 1.82) is 0 Å². The maximum absolute atomic E-state index is 13.1. The van der Waals surface area contributed by atoms with E-state index in [9.17, 15) is 14.7 Å². The van der Waals surface area contributed by atoms with Crippen LogP contribution in [0.4, 0.5) is 0 Å². The first-order chi connectivity index (χ1) is 14.8. The molecule has 0 aromatic rings. The van der Waals surface area contributed by atoms with Crippen LogP contribution in [0, 0.1) is 28.6 Å². The van der Waals surface area contributed by atoms with Crippen LogP contribution in [-0.2, 0) is 23.8 Å². The van der Waals surface area contributed by atoms with E-state index >= 15 is 0 Å². The Morgan fingerprint density at radius 1 is 1.10 bits per heavy atom. The van der Waals surface area contributed by atoms with Gasteiger partial charge in [-0.05, 0) is 74.2 Å². The Balaban J connectivity index is 1.58. The molecular formula is C25H38O6. The van der Waals surface area contributed by atoms with Crippen LogP contribution in [0.5, 0.6) is 0 Å². The largest absolute Gasteiger partial charge is 0.388 e. The van der Waals surface area contributed by atoms with Crippen molar-refractivity contribution in [2.45, 2.75) is 70.8 Å². The fourth-order valence-corrected chi connectivity index (χ4v) is 7.80. The molecule has 0 aromatic heterocycles. The molecule has 0 radical (unpaired) electrons. The molecule has 4 aliphatic carbocycles. The van der Waals surface area contributed by atoms with Crippen LogP contribution in [0.2, 0.25) is 0 Å². The van der Waals surface area contributed by atoms with Gasteiger partial charge in [-0.3, -0.25) is 9.59 Å². The third-order valence-electron chi connectivity index (χ3n) is 9.50. The molecule has 0 unspecified atom stereocenters. The summed E-state index contributed by atoms with van der Waals surface area (Å²) in [6, 6.07) is 0. The van der Waals surface area contributed by atoms with E-state index in [-0.39, 0.29) is 29.2 Å². The van der Waals surface area contributed by atoms with Crippen LogP contribution < -0.4 is 0 Å². The van der Waals surface area contributed by atoms with Gasteiger partial charge in [-0.15, -0.1) is 0 Å². The zero-order valence-electron chi connectivity index (χ0n) is 19.3. The molecule has 174 valence electrons. The van der Waals surface area contributed by atoms with Crippen LogP contribution in [0.25, 0.3) is 0 Å². The molecule has 0 spiro atoms. The normalized spacial score (nSPS) is 41.9. The molecule has 0 amide bonds. The van der Waals surface area contributed by atoms with E-state index in [1.807, 2.05) is 6.08 Å². The molecule has 0 heterocycles. The number of carbonyl (C=O) groups excluding carboxylic acids is 2. The number of allylic oxidation sites excluding steroid dienone is 1. The maximum Gasteiger partial charge on any atom is 0.190 e. The Bertz CT molecular complexity index is 746. The molecule has 0 aromatic carbocycles. The van der Waals surface area contributed by atoms with Gasteiger partial charge in [0.15, 0.2) is 11.6 Å². The highest BCUT2D eigenvalue weighted by Gasteiger charge is 2.67. The molecule has 6 atom stereocenters. The van der Waals surface area contributed by atoms with Gasteiger partial charge >= 0.3 is 0 Å². The Morgan fingerprint density at radius 3 is 2.61 bits per heavy atom. The smallest absolute Gasteiger partial charge is 0.190 e. The monoisotopic (exact) mass is 434 g/mol. The maximum atomic E-state index is 13.1. The number of aliphatic hydroxyl groups excluding tert-OH is 1. The lowest BCUT2D eigenvalue weighted by molar-refractivity contribution is -0.208. The highest BCUT2D eigenvalue weighted by Crippen LogP contribution is 2.68. The van der Waals surface area contributed by atoms with Crippen molar-refractivity contribution in [2.24, 2.45) is 28.6 Å². The van der Waals surface area contributed by atoms with Crippen molar-refractivity contribution in [3.05, 3.63) is 11.6 Å². The van der Waals surface area contributed by atoms with Gasteiger partial charge in [0.25, 0.3) is 0 Å². The number of Topliss-reactive ketones (excluding diaryl/α,β-unsaturated/α-hetero) is 1. The SMILES string of the molecule is COCCOCO[C@]1(C(=O)CO)CC[C@H]2[C@@H]3CCC4=CC(=O)CC[C@]4(C)[C@H]3CC[C@@]21C. The number of rotatable bonds is 8. The predicted molar refractivity (Wildman–Crippen MR) is 115 cm³/mol. The van der Waals surface area contributed by atoms with Crippen LogP contribution >= 0.6 is 0 Å². The molecule has 3 fully saturated rings. The number of hydrogen-bond donors (Lipinski definition) is 1. The van der Waals surface area contributed by atoms with E-state index in [0.29, 0.717) is 43.8 Å². The Kier molecular flexibility index (Phi) is 6.48. The van der Waals surface area contributed by atoms with Crippen molar-refractivity contribution in [1.82, 2.24) is 0 Å². The lowest BCUT2D eigenvalue weighted by Gasteiger charge is -2.59. The number of carbonyl (C=O) groups is 2. The minimum Gasteiger partial charge on any atom is -0.388 e. The zero-order valence-corrected chi connectivity index (χ0v) is 19.3. The summed E-state index contributed by atoms with van der Waals surface area (Å²) in [6.07, 6.45) is 9.12. The number of aliphatic hydroxyl groups is 1. The highest BCUT2D eigenvalue weighted by atomic mass is 16.7. The topological polar surface area (TPSA) is 82.1 Å². The van der Waals surface area contributed by atoms with E-state index < -0.39 is 12.2 Å². The molecule has 0 aliphatic heterocycles. The molecule has 6 heteroatoms. The molecule has 4 rings (SSSR count). The van der Waals surface area contributed by atoms with Gasteiger partial charge in [-0.25, -0.2) is 0 Å². The van der Waals surface area contributed by atoms with Crippen LogP contribution in [-0.4, -0.2) is 56.0 Å². The van der Waals surface area contributed by atoms with Crippen molar-refractivity contribution >= 4 is 11.6 Å². The first kappa shape index (κ1) is 23.1. The molecule has 1 N–H and O–H groups in total. The number of ketones is 2. The van der Waals surface area contributed by atoms with Gasteiger partial charge in [0.1, 0.15) is 19.0 Å². The Morgan fingerprint density at radius 2 is 1.87 bits per heavy atom. The van der Waals surface area contributed by atoms with Crippen LogP contribution in [0.1, 0.15) is 65.2 Å². The Hall–Kier alpha value is -1.08. The summed E-state index contributed by atoms with van der Waals surface area (Å²) in [5.41, 5.74) is 0.172. The van der Waals surface area contributed by atoms with Crippen molar-refractivity contribution < 1.29 is 28.9 Å². The van der Waals surface area contributed by atoms with Gasteiger partial charge in [0.05, 0.1) is 13.2 Å². The third-order valence-corrected chi connectivity index (χ3v) is 9.50. The van der Waals surface area contributed by atoms with Crippen LogP contribution in [0.3, 0.4) is 0 Å². The second kappa shape index (κ2) is 8.69. The van der Waals surface area contributed by atoms with E-state index in [2.05, 4.69) is 13.8 Å². The van der Waals surface area contributed by atoms with E-state index in [1.165, 1.54) is 5.57 Å². The second-order valence-corrected chi connectivity index (χ2v) is 10.5. The second-order valence-electron chi connectivity index (χ2n) is 10.5. The molecule has 0 bridgehead atoms. The molecule has 4 aliphatic rings. The molecule has 31 heavy (non-hydrogen) atoms. The van der Waals surface area contributed by atoms with Gasteiger partial charge in [0, 0.05) is 18.9 Å². The van der Waals surface area contributed by atoms with Gasteiger partial charge in [0.2, 0.25) is 0 Å². The van der Waals surface area contributed by atoms with Crippen molar-refractivity contribution in [2.75, 3.05) is 33.7 Å². The van der Waals surface area contributed by atoms with E-state index in [1.54, 1.807) is 7.11 Å². The molecule has 6 nitrogen and oxygen atoms in total. The minimum absolute atomic E-state index is 0.0399. The van der Waals surface area contributed by atoms with Crippen molar-refractivity contribution in [3.8, 4) is 0 Å². The first-order valence-corrected chi connectivity index (χ1v) is 11.9. The number of ether oxygens (including phenoxy) is 3. The summed E-state index contributed by atoms with van der Waals surface area (Å²) in [6.45, 7) is 5.01. The minimum atomic E-state index is -0.982. The summed E-state index contributed by atoms with van der Waals surface area (Å²) in [5, 5.41) is 9.83. The fraction of sp³-hybridized carbons (Fsp3) is 0.840. The lowest BCUT2D eigenvalue weighted by Crippen LogP contribution is -2.59. The van der Waals surface area contributed by atoms with Gasteiger partial charge < -0.3 is 19.3 Å². The quantitative estimate of drug-likeness (QED) is 0.465. The summed E-state index contributed by atoms with van der Waals surface area (Å²) in [7, 11) is 1.62. The van der Waals surface area contributed by atoms with Crippen molar-refractivity contribution in [3.63, 3.8) is 0 Å². The summed E-state index contributed by atoms with van der Waals surface area (Å²) < 4.78 is 16.8. The zero-order chi connectivity index (χ0) is 22.3. The summed E-state index contributed by atoms with van der Waals surface area (Å²) >= 11 is 0. The van der Waals surface area contributed by atoms with E-state index in [0.717, 1.165) is 38.5 Å². The van der Waals surface area contributed by atoms with E-state index in [4.69, 9.17) is 14.2 Å². The van der Waals surface area contributed by atoms with Crippen LogP contribution in [0.15, 0.2) is 11.6 Å². The number of hydrogen-bond acceptors (Lipinski definition) is 6. The summed E-state index contributed by atoms with van der Waals surface area (Å²) in [5.74, 6) is 1.54. The number of methoxy groups -OCH3 is 1. The molecule has 3 saturated carbocycles. The van der Waals surface area contributed by atoms with Gasteiger partial charge in [-0.1, -0.05) is 19.4 Å². The first-order valence-electron chi connectivity index (χ1n) is 11.9. The lowest BCUT2D eigenvalue weighted by atomic mass is 9.46. The van der Waals surface area contributed by atoms with Gasteiger partial charge in [-0.2, -0.15) is 0 Å². The molecular weight excluding hydrogens is 396 g/mol. The molecule has 0 saturated heterocycles. The Labute approximate surface area is 185 Å². The average Bonchev–Trinajstić information content (AvgIpc) is 3.07. The summed E-state index contributed by atoms with van der Waals surface area (Å²) in [4.78, 5) is 25.1. The fourth-order valence-electron chi connectivity index (χ4n) is 7.80. The highest BCUT2D eigenvalue weighted by molar-refractivity contribution is 5.91. The average molecular weight is 435 g/mol. The number of fused-ring (bicyclic) bond motifs is 5. The standard InChI is InChI=1S/C25H38O6/c1-23-9-6-18(27)14-17(23)4-5-19-20(23)7-10-24(2)21(19)8-11-25(24,22(28)15-26)31-16-30-13-12-29-3/h14,19-21,26H,4-13,15-16H2,1-3H3/t19-,20+,21+,23+,24+,25+/m1/s1.